The van der Waals surface area contributed by atoms with E-state index in [-0.39, 0.29) is 62.3 Å². The lowest BCUT2D eigenvalue weighted by molar-refractivity contribution is -0.137. The standard InChI is InChI=1S/C29H21F3N4O6/c1-4-24(38)19-12-25-21(11-18(19)17-7-6-16(36(3)14(2)37)10-22(17)29(30,31)32)26(35-42-25)27(39)34-23-8-5-15(13-33)9-20(23)28(40)41/h5-12H,4H2,1-3H3,(H,34,39)(H,40,41). The monoisotopic (exact) mass is 578 g/mol. The number of alkyl halides is 3. The molecule has 0 radical (unpaired) electrons. The van der Waals surface area contributed by atoms with Gasteiger partial charge in [0.2, 0.25) is 5.91 Å². The Balaban J connectivity index is 1.90. The van der Waals surface area contributed by atoms with Crippen molar-refractivity contribution in [3.8, 4) is 17.2 Å². The normalized spacial score (nSPS) is 11.2. The largest absolute Gasteiger partial charge is 0.478 e. The lowest BCUT2D eigenvalue weighted by Crippen LogP contribution is -2.23. The van der Waals surface area contributed by atoms with E-state index >= 15 is 0 Å². The number of halogens is 3. The van der Waals surface area contributed by atoms with Crippen molar-refractivity contribution in [3.05, 3.63) is 76.5 Å². The molecule has 13 heteroatoms. The number of anilines is 2. The summed E-state index contributed by atoms with van der Waals surface area (Å²) in [6, 6.07) is 11.0. The van der Waals surface area contributed by atoms with E-state index in [4.69, 9.17) is 9.78 Å². The average molecular weight is 579 g/mol. The third-order valence-corrected chi connectivity index (χ3v) is 6.53. The van der Waals surface area contributed by atoms with E-state index in [1.807, 2.05) is 0 Å². The fourth-order valence-electron chi connectivity index (χ4n) is 4.27. The number of carbonyl (C=O) groups is 4. The Morgan fingerprint density at radius 3 is 2.36 bits per heavy atom. The van der Waals surface area contributed by atoms with Crippen LogP contribution in [-0.4, -0.2) is 40.9 Å². The highest BCUT2D eigenvalue weighted by Crippen LogP contribution is 2.42. The molecule has 10 nitrogen and oxygen atoms in total. The van der Waals surface area contributed by atoms with Gasteiger partial charge in [-0.25, -0.2) is 4.79 Å². The molecular weight excluding hydrogens is 557 g/mol. The van der Waals surface area contributed by atoms with Crippen molar-refractivity contribution in [2.24, 2.45) is 0 Å². The molecule has 0 saturated heterocycles. The third-order valence-electron chi connectivity index (χ3n) is 6.53. The number of carbonyl (C=O) groups excluding carboxylic acids is 3. The van der Waals surface area contributed by atoms with Gasteiger partial charge in [-0.05, 0) is 53.6 Å². The summed E-state index contributed by atoms with van der Waals surface area (Å²) in [5.41, 5.74) is -2.74. The minimum Gasteiger partial charge on any atom is -0.478 e. The average Bonchev–Trinajstić information content (AvgIpc) is 3.38. The highest BCUT2D eigenvalue weighted by Gasteiger charge is 2.36. The number of benzene rings is 3. The van der Waals surface area contributed by atoms with E-state index in [0.717, 1.165) is 23.1 Å². The first-order chi connectivity index (χ1) is 19.8. The predicted molar refractivity (Wildman–Crippen MR) is 144 cm³/mol. The van der Waals surface area contributed by atoms with Gasteiger partial charge in [-0.2, -0.15) is 18.4 Å². The molecule has 0 atom stereocenters. The minimum atomic E-state index is -4.89. The van der Waals surface area contributed by atoms with Crippen LogP contribution in [0.5, 0.6) is 0 Å². The van der Waals surface area contributed by atoms with E-state index in [1.165, 1.54) is 51.2 Å². The number of aromatic carboxylic acids is 1. The number of nitrogens with one attached hydrogen (secondary N) is 1. The summed E-state index contributed by atoms with van der Waals surface area (Å²) in [5.74, 6) is -3.37. The van der Waals surface area contributed by atoms with E-state index in [0.29, 0.717) is 0 Å². The molecule has 0 unspecified atom stereocenters. The van der Waals surface area contributed by atoms with Gasteiger partial charge in [0.25, 0.3) is 5.91 Å². The fraction of sp³-hybridized carbons (Fsp3) is 0.172. The van der Waals surface area contributed by atoms with Gasteiger partial charge in [-0.15, -0.1) is 0 Å². The highest BCUT2D eigenvalue weighted by atomic mass is 19.4. The Morgan fingerprint density at radius 1 is 1.05 bits per heavy atom. The molecule has 4 rings (SSSR count). The number of aromatic nitrogens is 1. The lowest BCUT2D eigenvalue weighted by Gasteiger charge is -2.20. The van der Waals surface area contributed by atoms with Crippen LogP contribution in [-0.2, 0) is 11.0 Å². The van der Waals surface area contributed by atoms with Crippen molar-refractivity contribution >= 4 is 45.9 Å². The van der Waals surface area contributed by atoms with Gasteiger partial charge in [0.05, 0.1) is 33.8 Å². The molecule has 0 spiro atoms. The van der Waals surface area contributed by atoms with Crippen LogP contribution < -0.4 is 10.2 Å². The Morgan fingerprint density at radius 2 is 1.76 bits per heavy atom. The minimum absolute atomic E-state index is 0.0234. The zero-order valence-electron chi connectivity index (χ0n) is 22.3. The number of rotatable bonds is 7. The van der Waals surface area contributed by atoms with Gasteiger partial charge < -0.3 is 19.8 Å². The van der Waals surface area contributed by atoms with Crippen LogP contribution >= 0.6 is 0 Å². The van der Waals surface area contributed by atoms with Gasteiger partial charge in [0.15, 0.2) is 17.1 Å². The van der Waals surface area contributed by atoms with Crippen LogP contribution in [0.15, 0.2) is 53.1 Å². The van der Waals surface area contributed by atoms with Crippen LogP contribution in [0.3, 0.4) is 0 Å². The quantitative estimate of drug-likeness (QED) is 0.257. The molecule has 4 aromatic rings. The highest BCUT2D eigenvalue weighted by molar-refractivity contribution is 6.15. The van der Waals surface area contributed by atoms with Gasteiger partial charge in [-0.3, -0.25) is 14.4 Å². The van der Waals surface area contributed by atoms with E-state index in [2.05, 4.69) is 10.5 Å². The molecule has 2 amide bonds. The number of fused-ring (bicyclic) bond motifs is 1. The number of Topliss-reactive ketones (excluding diaryl/α,β-unsaturated/α-hetero) is 1. The van der Waals surface area contributed by atoms with Crippen LogP contribution in [0.1, 0.15) is 62.6 Å². The SMILES string of the molecule is CCC(=O)c1cc2onc(C(=O)Nc3ccc(C#N)cc3C(=O)O)c2cc1-c1ccc(N(C)C(C)=O)cc1C(F)(F)F. The molecule has 0 aliphatic heterocycles. The Kier molecular flexibility index (Phi) is 7.84. The molecule has 0 aliphatic rings. The third kappa shape index (κ3) is 5.55. The van der Waals surface area contributed by atoms with Gasteiger partial charge in [0, 0.05) is 31.6 Å². The van der Waals surface area contributed by atoms with E-state index in [1.54, 1.807) is 6.07 Å². The van der Waals surface area contributed by atoms with Crippen LogP contribution in [0.2, 0.25) is 0 Å². The van der Waals surface area contributed by atoms with E-state index < -0.39 is 35.3 Å². The van der Waals surface area contributed by atoms with Crippen molar-refractivity contribution in [1.82, 2.24) is 5.16 Å². The van der Waals surface area contributed by atoms with Crippen molar-refractivity contribution in [3.63, 3.8) is 0 Å². The summed E-state index contributed by atoms with van der Waals surface area (Å²) in [7, 11) is 1.32. The van der Waals surface area contributed by atoms with Crippen molar-refractivity contribution in [2.45, 2.75) is 26.4 Å². The second kappa shape index (κ2) is 11.2. The summed E-state index contributed by atoms with van der Waals surface area (Å²) in [6.45, 7) is 2.73. The zero-order valence-corrected chi connectivity index (χ0v) is 22.3. The molecule has 0 fully saturated rings. The number of hydrogen-bond donors (Lipinski definition) is 2. The van der Waals surface area contributed by atoms with Crippen molar-refractivity contribution in [1.29, 1.82) is 5.26 Å². The summed E-state index contributed by atoms with van der Waals surface area (Å²) < 4.78 is 48.1. The maximum Gasteiger partial charge on any atom is 0.417 e. The number of carboxylic acid groups (broad SMARTS) is 1. The number of nitriles is 1. The molecule has 3 aromatic carbocycles. The molecule has 0 bridgehead atoms. The molecule has 2 N–H and O–H groups in total. The Labute approximate surface area is 235 Å². The van der Waals surface area contributed by atoms with E-state index in [9.17, 15) is 37.5 Å². The molecule has 42 heavy (non-hydrogen) atoms. The maximum absolute atomic E-state index is 14.3. The van der Waals surface area contributed by atoms with Crippen molar-refractivity contribution in [2.75, 3.05) is 17.3 Å². The number of ketones is 1. The summed E-state index contributed by atoms with van der Waals surface area (Å²) in [4.78, 5) is 50.5. The molecule has 0 aliphatic carbocycles. The summed E-state index contributed by atoms with van der Waals surface area (Å²) in [6.07, 6.45) is -4.94. The fourth-order valence-corrected chi connectivity index (χ4v) is 4.27. The maximum atomic E-state index is 14.3. The van der Waals surface area contributed by atoms with Crippen molar-refractivity contribution < 1.29 is 42.0 Å². The topological polar surface area (TPSA) is 154 Å². The first-order valence-electron chi connectivity index (χ1n) is 12.3. The molecule has 0 saturated carbocycles. The van der Waals surface area contributed by atoms with Gasteiger partial charge in [-0.1, -0.05) is 18.1 Å². The number of nitrogens with zero attached hydrogens (tertiary/aromatic N) is 3. The second-order valence-electron chi connectivity index (χ2n) is 9.14. The number of amides is 2. The molecule has 1 heterocycles. The second-order valence-corrected chi connectivity index (χ2v) is 9.14. The molecule has 214 valence electrons. The van der Waals surface area contributed by atoms with Gasteiger partial charge >= 0.3 is 12.1 Å². The smallest absolute Gasteiger partial charge is 0.417 e. The summed E-state index contributed by atoms with van der Waals surface area (Å²) >= 11 is 0. The first kappa shape index (κ1) is 29.5. The van der Waals surface area contributed by atoms with Crippen LogP contribution in [0.4, 0.5) is 24.5 Å². The lowest BCUT2D eigenvalue weighted by atomic mass is 9.90. The Hall–Kier alpha value is -5.51. The molecular formula is C29H21F3N4O6. The zero-order chi connectivity index (χ0) is 30.9. The first-order valence-corrected chi connectivity index (χ1v) is 12.3. The predicted octanol–water partition coefficient (Wildman–Crippen LogP) is 5.91. The summed E-state index contributed by atoms with van der Waals surface area (Å²) in [5, 5.41) is 24.6. The van der Waals surface area contributed by atoms with Crippen LogP contribution in [0, 0.1) is 11.3 Å². The number of hydrogen-bond acceptors (Lipinski definition) is 7. The molecule has 1 aromatic heterocycles. The Bertz CT molecular complexity index is 1820. The van der Waals surface area contributed by atoms with Crippen LogP contribution in [0.25, 0.3) is 22.1 Å². The number of carboxylic acids is 1. The van der Waals surface area contributed by atoms with Gasteiger partial charge in [0.1, 0.15) is 0 Å².